The van der Waals surface area contributed by atoms with Gasteiger partial charge in [0.25, 0.3) is 0 Å². The number of imide groups is 1. The van der Waals surface area contributed by atoms with Gasteiger partial charge in [-0.25, -0.2) is 0 Å². The summed E-state index contributed by atoms with van der Waals surface area (Å²) in [6.07, 6.45) is 1.13. The van der Waals surface area contributed by atoms with Crippen molar-refractivity contribution in [3.63, 3.8) is 0 Å². The number of benzene rings is 1. The highest BCUT2D eigenvalue weighted by Crippen LogP contribution is 2.48. The minimum absolute atomic E-state index is 0.0269. The minimum atomic E-state index is -0.0875. The van der Waals surface area contributed by atoms with Crippen molar-refractivity contribution < 1.29 is 14.7 Å². The van der Waals surface area contributed by atoms with Gasteiger partial charge in [-0.1, -0.05) is 17.9 Å². The van der Waals surface area contributed by atoms with Crippen LogP contribution in [0.25, 0.3) is 0 Å². The number of carbonyl (C=O) groups is 2. The van der Waals surface area contributed by atoms with Crippen LogP contribution in [0.2, 0.25) is 0 Å². The molecule has 1 heterocycles. The molecule has 2 atom stereocenters. The van der Waals surface area contributed by atoms with E-state index in [9.17, 15) is 9.59 Å². The molecular weight excluding hydrogens is 242 g/mol. The molecule has 0 spiro atoms. The van der Waals surface area contributed by atoms with Crippen LogP contribution >= 0.6 is 0 Å². The molecule has 1 aliphatic heterocycles. The molecule has 2 aliphatic rings. The second-order valence-electron chi connectivity index (χ2n) is 4.79. The van der Waals surface area contributed by atoms with E-state index in [1.165, 1.54) is 4.90 Å². The number of anilines is 1. The van der Waals surface area contributed by atoms with E-state index in [1.54, 1.807) is 18.2 Å². The lowest BCUT2D eigenvalue weighted by Crippen LogP contribution is -2.32. The highest BCUT2D eigenvalue weighted by Gasteiger charge is 2.59. The Balaban J connectivity index is 1.86. The van der Waals surface area contributed by atoms with Crippen LogP contribution in [0.1, 0.15) is 18.4 Å². The van der Waals surface area contributed by atoms with Crippen LogP contribution in [0, 0.1) is 23.7 Å². The summed E-state index contributed by atoms with van der Waals surface area (Å²) in [5.74, 6) is 5.38. The lowest BCUT2D eigenvalue weighted by Gasteiger charge is -2.16. The first kappa shape index (κ1) is 11.9. The molecule has 2 unspecified atom stereocenters. The van der Waals surface area contributed by atoms with Crippen LogP contribution in [0.3, 0.4) is 0 Å². The largest absolute Gasteiger partial charge is 0.395 e. The molecule has 2 amide bonds. The van der Waals surface area contributed by atoms with Crippen molar-refractivity contribution >= 4 is 17.5 Å². The number of aliphatic hydroxyl groups is 1. The van der Waals surface area contributed by atoms with Gasteiger partial charge in [-0.3, -0.25) is 14.5 Å². The summed E-state index contributed by atoms with van der Waals surface area (Å²) in [7, 11) is 0. The van der Waals surface area contributed by atoms with Crippen LogP contribution in [0.4, 0.5) is 5.69 Å². The Hall–Kier alpha value is -2.12. The quantitative estimate of drug-likeness (QED) is 0.632. The Morgan fingerprint density at radius 1 is 1.26 bits per heavy atom. The van der Waals surface area contributed by atoms with E-state index in [-0.39, 0.29) is 30.3 Å². The summed E-state index contributed by atoms with van der Waals surface area (Å²) in [6.45, 7) is 0.0269. The molecule has 96 valence electrons. The van der Waals surface area contributed by atoms with Gasteiger partial charge in [0, 0.05) is 12.0 Å². The zero-order chi connectivity index (χ0) is 13.4. The number of nitrogens with zero attached hydrogens (tertiary/aromatic N) is 1. The van der Waals surface area contributed by atoms with Crippen molar-refractivity contribution in [3.8, 4) is 11.8 Å². The fraction of sp³-hybridized carbons (Fsp3) is 0.333. The standard InChI is InChI=1S/C15H13NO3/c17-7-2-1-4-10-5-3-6-11(8-10)16-14(18)12-9-13(12)15(16)19/h3,5-6,8,12-13,17H,2,7,9H2. The van der Waals surface area contributed by atoms with E-state index in [2.05, 4.69) is 11.8 Å². The highest BCUT2D eigenvalue weighted by atomic mass is 16.2. The minimum Gasteiger partial charge on any atom is -0.395 e. The number of piperidine rings is 1. The average molecular weight is 255 g/mol. The molecule has 1 aliphatic carbocycles. The van der Waals surface area contributed by atoms with Gasteiger partial charge in [0.15, 0.2) is 0 Å². The van der Waals surface area contributed by atoms with Gasteiger partial charge >= 0.3 is 0 Å². The van der Waals surface area contributed by atoms with Crippen molar-refractivity contribution in [2.75, 3.05) is 11.5 Å². The SMILES string of the molecule is O=C1C2CC2C(=O)N1c1cccc(C#CCCO)c1. The number of amides is 2. The summed E-state index contributed by atoms with van der Waals surface area (Å²) >= 11 is 0. The predicted molar refractivity (Wildman–Crippen MR) is 69.1 cm³/mol. The van der Waals surface area contributed by atoms with E-state index in [0.717, 1.165) is 5.56 Å². The topological polar surface area (TPSA) is 57.6 Å². The van der Waals surface area contributed by atoms with Crippen LogP contribution in [-0.2, 0) is 9.59 Å². The molecule has 1 aromatic carbocycles. The van der Waals surface area contributed by atoms with Crippen molar-refractivity contribution in [2.24, 2.45) is 11.8 Å². The zero-order valence-electron chi connectivity index (χ0n) is 10.3. The second kappa shape index (κ2) is 4.52. The van der Waals surface area contributed by atoms with Crippen LogP contribution in [0.5, 0.6) is 0 Å². The van der Waals surface area contributed by atoms with Gasteiger partial charge in [0.1, 0.15) is 0 Å². The third-order valence-corrected chi connectivity index (χ3v) is 3.44. The fourth-order valence-corrected chi connectivity index (χ4v) is 2.38. The number of aliphatic hydroxyl groups excluding tert-OH is 1. The maximum atomic E-state index is 12.0. The molecule has 4 nitrogen and oxygen atoms in total. The molecule has 0 bridgehead atoms. The molecule has 2 fully saturated rings. The molecule has 3 rings (SSSR count). The average Bonchev–Trinajstić information content (AvgIpc) is 3.15. The van der Waals surface area contributed by atoms with Gasteiger partial charge in [-0.15, -0.1) is 0 Å². The van der Waals surface area contributed by atoms with Crippen molar-refractivity contribution in [2.45, 2.75) is 12.8 Å². The third kappa shape index (κ3) is 2.02. The second-order valence-corrected chi connectivity index (χ2v) is 4.79. The van der Waals surface area contributed by atoms with E-state index in [4.69, 9.17) is 5.11 Å². The van der Waals surface area contributed by atoms with Crippen molar-refractivity contribution in [3.05, 3.63) is 29.8 Å². The first-order chi connectivity index (χ1) is 9.22. The number of rotatable bonds is 2. The first-order valence-corrected chi connectivity index (χ1v) is 6.30. The monoisotopic (exact) mass is 255 g/mol. The number of carbonyl (C=O) groups excluding carboxylic acids is 2. The van der Waals surface area contributed by atoms with Gasteiger partial charge in [-0.2, -0.15) is 0 Å². The highest BCUT2D eigenvalue weighted by molar-refractivity contribution is 6.24. The number of hydrogen-bond donors (Lipinski definition) is 1. The molecule has 0 radical (unpaired) electrons. The lowest BCUT2D eigenvalue weighted by atomic mass is 10.2. The van der Waals surface area contributed by atoms with Gasteiger partial charge in [0.05, 0.1) is 24.1 Å². The maximum Gasteiger partial charge on any atom is 0.237 e. The Morgan fingerprint density at radius 3 is 2.68 bits per heavy atom. The molecule has 1 saturated heterocycles. The van der Waals surface area contributed by atoms with E-state index >= 15 is 0 Å². The number of hydrogen-bond acceptors (Lipinski definition) is 3. The van der Waals surface area contributed by atoms with Crippen LogP contribution in [-0.4, -0.2) is 23.5 Å². The molecule has 4 heteroatoms. The molecule has 1 saturated carbocycles. The third-order valence-electron chi connectivity index (χ3n) is 3.44. The van der Waals surface area contributed by atoms with E-state index in [1.807, 2.05) is 6.07 Å². The Bertz CT molecular complexity index is 591. The van der Waals surface area contributed by atoms with E-state index in [0.29, 0.717) is 18.5 Å². The molecule has 1 aromatic rings. The summed E-state index contributed by atoms with van der Waals surface area (Å²) < 4.78 is 0. The van der Waals surface area contributed by atoms with Crippen molar-refractivity contribution in [1.82, 2.24) is 0 Å². The molecule has 0 aromatic heterocycles. The normalized spacial score (nSPS) is 23.9. The van der Waals surface area contributed by atoms with Gasteiger partial charge in [0.2, 0.25) is 11.8 Å². The number of fused-ring (bicyclic) bond motifs is 1. The van der Waals surface area contributed by atoms with Crippen LogP contribution < -0.4 is 4.90 Å². The summed E-state index contributed by atoms with van der Waals surface area (Å²) in [5.41, 5.74) is 1.34. The Morgan fingerprint density at radius 2 is 2.00 bits per heavy atom. The van der Waals surface area contributed by atoms with E-state index < -0.39 is 0 Å². The molecular formula is C15H13NO3. The Kier molecular flexibility index (Phi) is 2.84. The van der Waals surface area contributed by atoms with Crippen molar-refractivity contribution in [1.29, 1.82) is 0 Å². The summed E-state index contributed by atoms with van der Waals surface area (Å²) in [4.78, 5) is 25.2. The summed E-state index contributed by atoms with van der Waals surface area (Å²) in [6, 6.07) is 7.09. The Labute approximate surface area is 111 Å². The summed E-state index contributed by atoms with van der Waals surface area (Å²) in [5, 5.41) is 8.67. The zero-order valence-corrected chi connectivity index (χ0v) is 10.3. The fourth-order valence-electron chi connectivity index (χ4n) is 2.38. The molecule has 1 N–H and O–H groups in total. The maximum absolute atomic E-state index is 12.0. The molecule has 19 heavy (non-hydrogen) atoms. The first-order valence-electron chi connectivity index (χ1n) is 6.30. The van der Waals surface area contributed by atoms with Gasteiger partial charge in [-0.05, 0) is 24.6 Å². The predicted octanol–water partition coefficient (Wildman–Crippen LogP) is 0.930. The van der Waals surface area contributed by atoms with Crippen LogP contribution in [0.15, 0.2) is 24.3 Å². The lowest BCUT2D eigenvalue weighted by molar-refractivity contribution is -0.123. The van der Waals surface area contributed by atoms with Gasteiger partial charge < -0.3 is 5.11 Å². The smallest absolute Gasteiger partial charge is 0.237 e.